The molecule has 7 nitrogen and oxygen atoms in total. The number of rotatable bonds is 8. The molecule has 0 aliphatic rings. The predicted octanol–water partition coefficient (Wildman–Crippen LogP) is 1.54. The number of carbonyl (C=O) groups is 2. The van der Waals surface area contributed by atoms with E-state index in [1.807, 2.05) is 33.9 Å². The summed E-state index contributed by atoms with van der Waals surface area (Å²) in [5, 5.41) is 17.7. The molecule has 0 bridgehead atoms. The Morgan fingerprint density at radius 3 is 2.00 bits per heavy atom. The lowest BCUT2D eigenvalue weighted by molar-refractivity contribution is -0.198. The normalized spacial score (nSPS) is 15.7. The first-order chi connectivity index (χ1) is 8.92. The van der Waals surface area contributed by atoms with Crippen LogP contribution in [0.5, 0.6) is 0 Å². The standard InChI is InChI=1S/C12H24O7Si/c1-12(2,3)20(5,6)19-9(10(15)16)11(17-4)18-7-8(13)14/h9,11H,7H2,1-6H3,(H,13,14)(H,15,16)/t9-,11+/m0/s1. The topological polar surface area (TPSA) is 102 Å². The summed E-state index contributed by atoms with van der Waals surface area (Å²) in [5.41, 5.74) is 0. The highest BCUT2D eigenvalue weighted by Gasteiger charge is 2.43. The van der Waals surface area contributed by atoms with Crippen LogP contribution in [0.15, 0.2) is 0 Å². The molecule has 0 aliphatic heterocycles. The van der Waals surface area contributed by atoms with Crippen molar-refractivity contribution in [1.82, 2.24) is 0 Å². The molecule has 2 atom stereocenters. The van der Waals surface area contributed by atoms with E-state index in [4.69, 9.17) is 19.0 Å². The number of carboxylic acids is 2. The predicted molar refractivity (Wildman–Crippen MR) is 74.1 cm³/mol. The first-order valence-corrected chi connectivity index (χ1v) is 9.10. The maximum Gasteiger partial charge on any atom is 0.337 e. The van der Waals surface area contributed by atoms with E-state index in [2.05, 4.69) is 0 Å². The number of ether oxygens (including phenoxy) is 2. The van der Waals surface area contributed by atoms with Gasteiger partial charge in [-0.2, -0.15) is 0 Å². The van der Waals surface area contributed by atoms with Crippen LogP contribution in [0.1, 0.15) is 20.8 Å². The average molecular weight is 308 g/mol. The molecule has 20 heavy (non-hydrogen) atoms. The van der Waals surface area contributed by atoms with Crippen molar-refractivity contribution in [3.8, 4) is 0 Å². The quantitative estimate of drug-likeness (QED) is 0.518. The summed E-state index contributed by atoms with van der Waals surface area (Å²) in [7, 11) is -1.11. The number of hydrogen-bond donors (Lipinski definition) is 2. The Morgan fingerprint density at radius 1 is 1.20 bits per heavy atom. The highest BCUT2D eigenvalue weighted by molar-refractivity contribution is 6.74. The van der Waals surface area contributed by atoms with Gasteiger partial charge in [0.1, 0.15) is 6.61 Å². The van der Waals surface area contributed by atoms with E-state index in [9.17, 15) is 14.7 Å². The molecule has 0 heterocycles. The monoisotopic (exact) mass is 308 g/mol. The van der Waals surface area contributed by atoms with Crippen molar-refractivity contribution in [3.05, 3.63) is 0 Å². The molecule has 2 N–H and O–H groups in total. The number of methoxy groups -OCH3 is 1. The van der Waals surface area contributed by atoms with Crippen molar-refractivity contribution < 1.29 is 33.7 Å². The number of hydrogen-bond acceptors (Lipinski definition) is 5. The molecule has 0 fully saturated rings. The maximum atomic E-state index is 11.3. The Hall–Kier alpha value is -0.963. The van der Waals surface area contributed by atoms with Crippen LogP contribution in [0.3, 0.4) is 0 Å². The molecule has 0 aromatic rings. The van der Waals surface area contributed by atoms with E-state index in [0.29, 0.717) is 0 Å². The summed E-state index contributed by atoms with van der Waals surface area (Å²) in [5.74, 6) is -2.45. The highest BCUT2D eigenvalue weighted by Crippen LogP contribution is 2.37. The van der Waals surface area contributed by atoms with Crippen LogP contribution < -0.4 is 0 Å². The largest absolute Gasteiger partial charge is 0.480 e. The maximum absolute atomic E-state index is 11.3. The zero-order valence-corrected chi connectivity index (χ0v) is 13.8. The molecule has 0 radical (unpaired) electrons. The molecule has 0 saturated heterocycles. The Labute approximate surface area is 120 Å². The summed E-state index contributed by atoms with van der Waals surface area (Å²) < 4.78 is 15.6. The average Bonchev–Trinajstić information content (AvgIpc) is 2.25. The fourth-order valence-corrected chi connectivity index (χ4v) is 2.35. The second-order valence-electron chi connectivity index (χ2n) is 5.95. The van der Waals surface area contributed by atoms with E-state index in [-0.39, 0.29) is 5.04 Å². The highest BCUT2D eigenvalue weighted by atomic mass is 28.4. The van der Waals surface area contributed by atoms with Crippen molar-refractivity contribution in [1.29, 1.82) is 0 Å². The molecule has 0 aromatic heterocycles. The third-order valence-corrected chi connectivity index (χ3v) is 7.78. The zero-order valence-electron chi connectivity index (χ0n) is 12.8. The van der Waals surface area contributed by atoms with Crippen LogP contribution >= 0.6 is 0 Å². The van der Waals surface area contributed by atoms with Gasteiger partial charge in [-0.1, -0.05) is 20.8 Å². The van der Waals surface area contributed by atoms with Gasteiger partial charge in [0.15, 0.2) is 20.7 Å². The lowest BCUT2D eigenvalue weighted by Gasteiger charge is -2.39. The van der Waals surface area contributed by atoms with Crippen LogP contribution in [0.2, 0.25) is 18.1 Å². The molecule has 0 spiro atoms. The van der Waals surface area contributed by atoms with Crippen LogP contribution in [0.25, 0.3) is 0 Å². The Morgan fingerprint density at radius 2 is 1.70 bits per heavy atom. The van der Waals surface area contributed by atoms with E-state index in [0.717, 1.165) is 0 Å². The Kier molecular flexibility index (Phi) is 6.82. The molecule has 0 saturated carbocycles. The second-order valence-corrected chi connectivity index (χ2v) is 10.7. The SMILES string of the molecule is CO[C@H](OCC(=O)O)[C@@H](O[Si](C)(C)C(C)(C)C)C(=O)O. The Balaban J connectivity index is 5.04. The summed E-state index contributed by atoms with van der Waals surface area (Å²) in [6, 6.07) is 0. The fourth-order valence-electron chi connectivity index (χ4n) is 1.15. The van der Waals surface area contributed by atoms with Crippen molar-refractivity contribution in [2.75, 3.05) is 13.7 Å². The fraction of sp³-hybridized carbons (Fsp3) is 0.833. The first-order valence-electron chi connectivity index (χ1n) is 6.19. The zero-order chi connectivity index (χ0) is 16.1. The van der Waals surface area contributed by atoms with Gasteiger partial charge in [0, 0.05) is 7.11 Å². The van der Waals surface area contributed by atoms with Crippen molar-refractivity contribution in [2.24, 2.45) is 0 Å². The lowest BCUT2D eigenvalue weighted by Crippen LogP contribution is -2.51. The van der Waals surface area contributed by atoms with Gasteiger partial charge >= 0.3 is 11.9 Å². The van der Waals surface area contributed by atoms with Gasteiger partial charge in [0.05, 0.1) is 0 Å². The van der Waals surface area contributed by atoms with Gasteiger partial charge in [-0.3, -0.25) is 0 Å². The second kappa shape index (κ2) is 7.16. The van der Waals surface area contributed by atoms with Gasteiger partial charge in [-0.15, -0.1) is 0 Å². The summed E-state index contributed by atoms with van der Waals surface area (Å²) in [6.45, 7) is 9.05. The molecule has 8 heteroatoms. The molecular formula is C12H24O7Si. The van der Waals surface area contributed by atoms with Crippen LogP contribution in [0, 0.1) is 0 Å². The third-order valence-electron chi connectivity index (χ3n) is 3.32. The van der Waals surface area contributed by atoms with Gasteiger partial charge < -0.3 is 24.1 Å². The summed E-state index contributed by atoms with van der Waals surface area (Å²) in [6.07, 6.45) is -2.63. The summed E-state index contributed by atoms with van der Waals surface area (Å²) >= 11 is 0. The Bertz CT molecular complexity index is 348. The minimum absolute atomic E-state index is 0.189. The molecule has 118 valence electrons. The molecule has 0 unspecified atom stereocenters. The molecule has 0 aliphatic carbocycles. The smallest absolute Gasteiger partial charge is 0.337 e. The summed E-state index contributed by atoms with van der Waals surface area (Å²) in [4.78, 5) is 21.8. The molecular weight excluding hydrogens is 284 g/mol. The van der Waals surface area contributed by atoms with Gasteiger partial charge in [-0.05, 0) is 18.1 Å². The third kappa shape index (κ3) is 5.57. The number of aliphatic carboxylic acids is 2. The van der Waals surface area contributed by atoms with Gasteiger partial charge in [0.25, 0.3) is 0 Å². The van der Waals surface area contributed by atoms with E-state index < -0.39 is 39.3 Å². The van der Waals surface area contributed by atoms with Crippen LogP contribution in [-0.2, 0) is 23.5 Å². The van der Waals surface area contributed by atoms with Gasteiger partial charge in [-0.25, -0.2) is 9.59 Å². The van der Waals surface area contributed by atoms with Crippen LogP contribution in [0.4, 0.5) is 0 Å². The molecule has 0 aromatic carbocycles. The van der Waals surface area contributed by atoms with Gasteiger partial charge in [0.2, 0.25) is 0 Å². The number of carboxylic acid groups (broad SMARTS) is 2. The van der Waals surface area contributed by atoms with Crippen molar-refractivity contribution >= 4 is 20.3 Å². The van der Waals surface area contributed by atoms with Crippen molar-refractivity contribution in [2.45, 2.75) is 51.3 Å². The molecule has 0 rings (SSSR count). The van der Waals surface area contributed by atoms with E-state index in [1.54, 1.807) is 0 Å². The minimum Gasteiger partial charge on any atom is -0.480 e. The lowest BCUT2D eigenvalue weighted by atomic mass is 10.2. The van der Waals surface area contributed by atoms with E-state index in [1.165, 1.54) is 7.11 Å². The van der Waals surface area contributed by atoms with Crippen molar-refractivity contribution in [3.63, 3.8) is 0 Å². The minimum atomic E-state index is -2.35. The first kappa shape index (κ1) is 19.0. The van der Waals surface area contributed by atoms with Crippen LogP contribution in [-0.4, -0.2) is 56.6 Å². The van der Waals surface area contributed by atoms with E-state index >= 15 is 0 Å². The molecule has 0 amide bonds.